The van der Waals surface area contributed by atoms with Crippen LogP contribution in [-0.2, 0) is 19.1 Å². The summed E-state index contributed by atoms with van der Waals surface area (Å²) in [4.78, 5) is 54.8. The van der Waals surface area contributed by atoms with Gasteiger partial charge in [-0.05, 0) is 81.0 Å². The lowest BCUT2D eigenvalue weighted by molar-refractivity contribution is -0.142. The summed E-state index contributed by atoms with van der Waals surface area (Å²) in [5.41, 5.74) is 7.70. The highest BCUT2D eigenvalue weighted by Crippen LogP contribution is 2.42. The van der Waals surface area contributed by atoms with Crippen molar-refractivity contribution in [1.29, 1.82) is 0 Å². The van der Waals surface area contributed by atoms with Gasteiger partial charge in [0.1, 0.15) is 17.7 Å². The fraction of sp³-hybridized carbons (Fsp3) is 0.394. The molecule has 9 nitrogen and oxygen atoms in total. The van der Waals surface area contributed by atoms with Gasteiger partial charge in [-0.2, -0.15) is 0 Å². The van der Waals surface area contributed by atoms with Crippen LogP contribution in [0.5, 0.6) is 0 Å². The van der Waals surface area contributed by atoms with Gasteiger partial charge < -0.3 is 26.0 Å². The maximum Gasteiger partial charge on any atom is 0.408 e. The number of amides is 4. The molecule has 4 atom stereocenters. The van der Waals surface area contributed by atoms with Gasteiger partial charge in [0, 0.05) is 11.7 Å². The Balaban J connectivity index is 1.76. The zero-order chi connectivity index (χ0) is 30.8. The molecule has 1 fully saturated rings. The molecule has 3 aromatic rings. The number of rotatable bonds is 9. The third-order valence-electron chi connectivity index (χ3n) is 7.35. The van der Waals surface area contributed by atoms with Gasteiger partial charge in [-0.3, -0.25) is 14.4 Å². The first-order valence-electron chi connectivity index (χ1n) is 14.2. The average Bonchev–Trinajstić information content (AvgIpc) is 3.62. The van der Waals surface area contributed by atoms with Gasteiger partial charge in [0.2, 0.25) is 11.8 Å². The summed E-state index contributed by atoms with van der Waals surface area (Å²) < 4.78 is 5.37. The van der Waals surface area contributed by atoms with Crippen LogP contribution >= 0.6 is 0 Å². The molecular weight excluding hydrogens is 532 g/mol. The monoisotopic (exact) mass is 572 g/mol. The van der Waals surface area contributed by atoms with E-state index in [4.69, 9.17) is 10.5 Å². The largest absolute Gasteiger partial charge is 0.444 e. The van der Waals surface area contributed by atoms with Crippen LogP contribution in [0.3, 0.4) is 0 Å². The van der Waals surface area contributed by atoms with Crippen LogP contribution in [0.15, 0.2) is 60.7 Å². The van der Waals surface area contributed by atoms with E-state index in [0.29, 0.717) is 17.7 Å². The highest BCUT2D eigenvalue weighted by atomic mass is 16.6. The molecular formula is C33H40N4O5. The van der Waals surface area contributed by atoms with Crippen LogP contribution in [0.4, 0.5) is 10.5 Å². The van der Waals surface area contributed by atoms with Crippen LogP contribution in [0, 0.1) is 19.8 Å². The molecule has 4 amide bonds. The Morgan fingerprint density at radius 2 is 1.67 bits per heavy atom. The van der Waals surface area contributed by atoms with Gasteiger partial charge in [0.25, 0.3) is 5.91 Å². The van der Waals surface area contributed by atoms with Crippen molar-refractivity contribution in [3.63, 3.8) is 0 Å². The molecule has 0 aliphatic heterocycles. The smallest absolute Gasteiger partial charge is 0.408 e. The Labute approximate surface area is 246 Å². The molecule has 1 aliphatic rings. The molecule has 222 valence electrons. The number of benzene rings is 3. The van der Waals surface area contributed by atoms with Crippen molar-refractivity contribution in [3.05, 3.63) is 77.4 Å². The van der Waals surface area contributed by atoms with Crippen LogP contribution in [0.1, 0.15) is 63.3 Å². The van der Waals surface area contributed by atoms with Crippen molar-refractivity contribution in [3.8, 4) is 0 Å². The molecule has 9 heteroatoms. The van der Waals surface area contributed by atoms with Crippen molar-refractivity contribution < 1.29 is 23.9 Å². The lowest BCUT2D eigenvalue weighted by Gasteiger charge is -2.35. The number of alkyl carbamates (subject to hydrolysis) is 1. The molecule has 0 heterocycles. The number of carbonyl (C=O) groups excluding carboxylic acids is 4. The molecule has 3 aromatic carbocycles. The third kappa shape index (κ3) is 7.46. The lowest BCUT2D eigenvalue weighted by Crippen LogP contribution is -2.54. The van der Waals surface area contributed by atoms with Crippen LogP contribution < -0.4 is 16.4 Å². The summed E-state index contributed by atoms with van der Waals surface area (Å²) >= 11 is 0. The first-order valence-corrected chi connectivity index (χ1v) is 14.2. The van der Waals surface area contributed by atoms with E-state index in [1.165, 1.54) is 4.90 Å². The average molecular weight is 573 g/mol. The zero-order valence-electron chi connectivity index (χ0n) is 25.1. The third-order valence-corrected chi connectivity index (χ3v) is 7.35. The molecule has 4 rings (SSSR count). The van der Waals surface area contributed by atoms with Crippen LogP contribution in [0.25, 0.3) is 10.8 Å². The molecule has 0 bridgehead atoms. The van der Waals surface area contributed by atoms with Gasteiger partial charge >= 0.3 is 6.09 Å². The molecule has 4 unspecified atom stereocenters. The number of hydrogen-bond donors (Lipinski definition) is 3. The minimum atomic E-state index is -1.31. The minimum absolute atomic E-state index is 0.116. The van der Waals surface area contributed by atoms with Gasteiger partial charge in [0.05, 0.1) is 6.42 Å². The van der Waals surface area contributed by atoms with Crippen LogP contribution in [-0.4, -0.2) is 46.4 Å². The van der Waals surface area contributed by atoms with E-state index < -0.39 is 47.9 Å². The first kappa shape index (κ1) is 30.6. The second-order valence-electron chi connectivity index (χ2n) is 12.2. The normalized spacial score (nSPS) is 17.6. The molecule has 1 saturated carbocycles. The van der Waals surface area contributed by atoms with Crippen molar-refractivity contribution in [2.45, 2.75) is 78.1 Å². The molecule has 0 saturated heterocycles. The number of anilines is 1. The number of primary amides is 1. The maximum absolute atomic E-state index is 14.3. The molecule has 0 aromatic heterocycles. The lowest BCUT2D eigenvalue weighted by atomic mass is 9.95. The Hall–Kier alpha value is -4.40. The van der Waals surface area contributed by atoms with Crippen molar-refractivity contribution >= 4 is 40.3 Å². The standard InChI is InChI=1S/C33H40N4O5/c1-19-11-12-20(2)25(15-19)29(30(39)35-24-14-13-22-9-7-8-10-23(22)17-24)37(27-16-21(27)3)31(40)26(18-28(34)38)36-32(41)42-33(4,5)6/h7-15,17,21,26-27,29H,16,18H2,1-6H3,(H2,34,38)(H,35,39)(H,36,41). The zero-order valence-corrected chi connectivity index (χ0v) is 25.1. The Morgan fingerprint density at radius 1 is 1.00 bits per heavy atom. The van der Waals surface area contributed by atoms with Crippen molar-refractivity contribution in [2.75, 3.05) is 5.32 Å². The van der Waals surface area contributed by atoms with E-state index in [1.54, 1.807) is 20.8 Å². The van der Waals surface area contributed by atoms with E-state index in [0.717, 1.165) is 21.9 Å². The quantitative estimate of drug-likeness (QED) is 0.327. The summed E-state index contributed by atoms with van der Waals surface area (Å²) in [6, 6.07) is 16.6. The summed E-state index contributed by atoms with van der Waals surface area (Å²) in [7, 11) is 0. The highest BCUT2D eigenvalue weighted by Gasteiger charge is 2.48. The fourth-order valence-corrected chi connectivity index (χ4v) is 5.15. The topological polar surface area (TPSA) is 131 Å². The van der Waals surface area contributed by atoms with E-state index in [2.05, 4.69) is 10.6 Å². The predicted octanol–water partition coefficient (Wildman–Crippen LogP) is 5.14. The second kappa shape index (κ2) is 12.2. The number of nitrogens with zero attached hydrogens (tertiary/aromatic N) is 1. The summed E-state index contributed by atoms with van der Waals surface area (Å²) in [5, 5.41) is 7.56. The van der Waals surface area contributed by atoms with Gasteiger partial charge in [0.15, 0.2) is 0 Å². The van der Waals surface area contributed by atoms with E-state index in [9.17, 15) is 19.2 Å². The predicted molar refractivity (Wildman–Crippen MR) is 163 cm³/mol. The first-order chi connectivity index (χ1) is 19.7. The second-order valence-corrected chi connectivity index (χ2v) is 12.2. The van der Waals surface area contributed by atoms with E-state index in [1.807, 2.05) is 81.4 Å². The molecule has 4 N–H and O–H groups in total. The number of hydrogen-bond acceptors (Lipinski definition) is 5. The number of nitrogens with one attached hydrogen (secondary N) is 2. The summed E-state index contributed by atoms with van der Waals surface area (Å²) in [6.07, 6.45) is -0.622. The number of aryl methyl sites for hydroxylation is 2. The number of fused-ring (bicyclic) bond motifs is 1. The number of carbonyl (C=O) groups is 4. The summed E-state index contributed by atoms with van der Waals surface area (Å²) in [5.74, 6) is -1.63. The van der Waals surface area contributed by atoms with Gasteiger partial charge in [-0.1, -0.05) is 61.0 Å². The summed E-state index contributed by atoms with van der Waals surface area (Å²) in [6.45, 7) is 10.9. The molecule has 0 spiro atoms. The van der Waals surface area contributed by atoms with Gasteiger partial charge in [-0.25, -0.2) is 4.79 Å². The van der Waals surface area contributed by atoms with Crippen molar-refractivity contribution in [1.82, 2.24) is 10.2 Å². The Morgan fingerprint density at radius 3 is 2.29 bits per heavy atom. The van der Waals surface area contributed by atoms with Crippen LogP contribution in [0.2, 0.25) is 0 Å². The molecule has 1 aliphatic carbocycles. The minimum Gasteiger partial charge on any atom is -0.444 e. The van der Waals surface area contributed by atoms with E-state index >= 15 is 0 Å². The molecule has 0 radical (unpaired) electrons. The number of nitrogens with two attached hydrogens (primary N) is 1. The van der Waals surface area contributed by atoms with E-state index in [-0.39, 0.29) is 12.0 Å². The van der Waals surface area contributed by atoms with Gasteiger partial charge in [-0.15, -0.1) is 0 Å². The highest BCUT2D eigenvalue weighted by molar-refractivity contribution is 6.01. The molecule has 42 heavy (non-hydrogen) atoms. The number of ether oxygens (including phenoxy) is 1. The Kier molecular flexibility index (Phi) is 8.89. The maximum atomic E-state index is 14.3. The Bertz CT molecular complexity index is 1510. The fourth-order valence-electron chi connectivity index (χ4n) is 5.15. The van der Waals surface area contributed by atoms with Crippen molar-refractivity contribution in [2.24, 2.45) is 11.7 Å². The SMILES string of the molecule is Cc1ccc(C)c(C(C(=O)Nc2ccc3ccccc3c2)N(C(=O)C(CC(N)=O)NC(=O)OC(C)(C)C)C2CC2C)c1.